The summed E-state index contributed by atoms with van der Waals surface area (Å²) in [4.78, 5) is 17.1. The first-order valence-electron chi connectivity index (χ1n) is 8.50. The monoisotopic (exact) mass is 499 g/mol. The number of nitrogens with zero attached hydrogens (tertiary/aromatic N) is 3. The van der Waals surface area contributed by atoms with Gasteiger partial charge in [0.05, 0.1) is 27.2 Å². The van der Waals surface area contributed by atoms with E-state index in [4.69, 9.17) is 21.3 Å². The van der Waals surface area contributed by atoms with Gasteiger partial charge in [-0.2, -0.15) is 9.78 Å². The number of methoxy groups -OCH3 is 1. The molecule has 0 atom stereocenters. The van der Waals surface area contributed by atoms with E-state index in [9.17, 15) is 4.79 Å². The van der Waals surface area contributed by atoms with Crippen molar-refractivity contribution >= 4 is 56.6 Å². The molecule has 2 aromatic heterocycles. The van der Waals surface area contributed by atoms with Crippen LogP contribution in [0.5, 0.6) is 0 Å². The molecule has 0 spiro atoms. The number of thioether (sulfide) groups is 1. The average molecular weight is 501 g/mol. The number of aromatic nitrogens is 3. The molecule has 0 saturated carbocycles. The highest BCUT2D eigenvalue weighted by atomic mass is 79.9. The van der Waals surface area contributed by atoms with Crippen LogP contribution < -0.4 is 0 Å². The molecule has 28 heavy (non-hydrogen) atoms. The maximum absolute atomic E-state index is 12.3. The molecule has 0 fully saturated rings. The number of ether oxygens (including phenoxy) is 1. The molecule has 0 aliphatic heterocycles. The van der Waals surface area contributed by atoms with Crippen LogP contribution in [-0.2, 0) is 4.74 Å². The SMILES string of the molecule is COC(=O)c1c(Br)c(C)nn1-c1nc(-c2ccc(C)c(Cl)c2)c(SC(C)C)s1. The van der Waals surface area contributed by atoms with Crippen molar-refractivity contribution in [3.8, 4) is 16.4 Å². The van der Waals surface area contributed by atoms with E-state index in [1.165, 1.54) is 18.4 Å². The minimum absolute atomic E-state index is 0.323. The fourth-order valence-electron chi connectivity index (χ4n) is 2.52. The summed E-state index contributed by atoms with van der Waals surface area (Å²) in [6.07, 6.45) is 0. The van der Waals surface area contributed by atoms with Gasteiger partial charge in [-0.05, 0) is 41.4 Å². The van der Waals surface area contributed by atoms with Gasteiger partial charge in [0, 0.05) is 15.8 Å². The largest absolute Gasteiger partial charge is 0.464 e. The summed E-state index contributed by atoms with van der Waals surface area (Å²) in [5, 5.41) is 6.16. The van der Waals surface area contributed by atoms with Crippen molar-refractivity contribution < 1.29 is 9.53 Å². The molecule has 9 heteroatoms. The fourth-order valence-corrected chi connectivity index (χ4v) is 5.59. The number of hydrogen-bond acceptors (Lipinski definition) is 6. The maximum Gasteiger partial charge on any atom is 0.358 e. The molecule has 148 valence electrons. The van der Waals surface area contributed by atoms with E-state index in [-0.39, 0.29) is 0 Å². The van der Waals surface area contributed by atoms with Gasteiger partial charge >= 0.3 is 5.97 Å². The van der Waals surface area contributed by atoms with E-state index >= 15 is 0 Å². The van der Waals surface area contributed by atoms with E-state index in [2.05, 4.69) is 34.9 Å². The summed E-state index contributed by atoms with van der Waals surface area (Å²) in [7, 11) is 1.35. The lowest BCUT2D eigenvalue weighted by atomic mass is 10.1. The lowest BCUT2D eigenvalue weighted by molar-refractivity contribution is 0.0589. The number of rotatable bonds is 5. The van der Waals surface area contributed by atoms with Gasteiger partial charge in [-0.25, -0.2) is 9.78 Å². The van der Waals surface area contributed by atoms with E-state index in [0.29, 0.717) is 31.3 Å². The smallest absolute Gasteiger partial charge is 0.358 e. The molecule has 0 unspecified atom stereocenters. The Balaban J connectivity index is 2.19. The molecule has 0 aliphatic rings. The Bertz CT molecular complexity index is 1050. The zero-order valence-corrected chi connectivity index (χ0v) is 20.0. The Morgan fingerprint density at radius 2 is 2.07 bits per heavy atom. The van der Waals surface area contributed by atoms with Gasteiger partial charge in [0.15, 0.2) is 5.69 Å². The third-order valence-electron chi connectivity index (χ3n) is 3.92. The molecule has 0 N–H and O–H groups in total. The normalized spacial score (nSPS) is 11.3. The van der Waals surface area contributed by atoms with Crippen LogP contribution >= 0.6 is 50.6 Å². The van der Waals surface area contributed by atoms with Crippen molar-refractivity contribution in [3.63, 3.8) is 0 Å². The van der Waals surface area contributed by atoms with Crippen molar-refractivity contribution in [2.24, 2.45) is 0 Å². The molecule has 3 aromatic rings. The summed E-state index contributed by atoms with van der Waals surface area (Å²) in [6, 6.07) is 5.91. The van der Waals surface area contributed by atoms with Crippen LogP contribution in [0.1, 0.15) is 35.6 Å². The van der Waals surface area contributed by atoms with Crippen molar-refractivity contribution in [1.82, 2.24) is 14.8 Å². The highest BCUT2D eigenvalue weighted by Crippen LogP contribution is 2.41. The zero-order valence-electron chi connectivity index (χ0n) is 16.0. The summed E-state index contributed by atoms with van der Waals surface area (Å²) >= 11 is 13.0. The number of carbonyl (C=O) groups excluding carboxylic acids is 1. The average Bonchev–Trinajstić information content (AvgIpc) is 3.18. The van der Waals surface area contributed by atoms with E-state index in [1.54, 1.807) is 16.4 Å². The summed E-state index contributed by atoms with van der Waals surface area (Å²) in [5.41, 5.74) is 3.79. The molecular weight excluding hydrogens is 482 g/mol. The van der Waals surface area contributed by atoms with Crippen LogP contribution in [0.15, 0.2) is 26.9 Å². The number of benzene rings is 1. The van der Waals surface area contributed by atoms with Gasteiger partial charge in [-0.15, -0.1) is 11.8 Å². The van der Waals surface area contributed by atoms with Crippen molar-refractivity contribution in [3.05, 3.63) is 44.6 Å². The molecule has 3 rings (SSSR count). The molecule has 2 heterocycles. The van der Waals surface area contributed by atoms with Crippen LogP contribution in [0, 0.1) is 13.8 Å². The quantitative estimate of drug-likeness (QED) is 0.303. The molecule has 0 bridgehead atoms. The number of esters is 1. The lowest BCUT2D eigenvalue weighted by Crippen LogP contribution is -2.10. The molecule has 0 radical (unpaired) electrons. The van der Waals surface area contributed by atoms with Crippen LogP contribution in [-0.4, -0.2) is 33.1 Å². The molecule has 0 amide bonds. The highest BCUT2D eigenvalue weighted by molar-refractivity contribution is 9.10. The number of carbonyl (C=O) groups is 1. The van der Waals surface area contributed by atoms with E-state index in [0.717, 1.165) is 21.0 Å². The number of halogens is 2. The lowest BCUT2D eigenvalue weighted by Gasteiger charge is -2.06. The van der Waals surface area contributed by atoms with Crippen LogP contribution in [0.25, 0.3) is 16.4 Å². The van der Waals surface area contributed by atoms with Crippen LogP contribution in [0.3, 0.4) is 0 Å². The Kier molecular flexibility index (Phi) is 6.54. The van der Waals surface area contributed by atoms with Gasteiger partial charge in [0.25, 0.3) is 0 Å². The second-order valence-corrected chi connectivity index (χ2v) is 10.4. The Hall–Kier alpha value is -1.35. The summed E-state index contributed by atoms with van der Waals surface area (Å²) in [6.45, 7) is 8.05. The first-order valence-corrected chi connectivity index (χ1v) is 11.4. The summed E-state index contributed by atoms with van der Waals surface area (Å²) in [5.74, 6) is -0.472. The minimum atomic E-state index is -0.472. The Morgan fingerprint density at radius 1 is 1.36 bits per heavy atom. The predicted octanol–water partition coefficient (Wildman–Crippen LogP) is 6.32. The molecule has 0 saturated heterocycles. The van der Waals surface area contributed by atoms with Crippen molar-refractivity contribution in [2.45, 2.75) is 37.2 Å². The highest BCUT2D eigenvalue weighted by Gasteiger charge is 2.25. The second kappa shape index (κ2) is 8.57. The van der Waals surface area contributed by atoms with E-state index < -0.39 is 5.97 Å². The minimum Gasteiger partial charge on any atom is -0.464 e. The van der Waals surface area contributed by atoms with Crippen molar-refractivity contribution in [1.29, 1.82) is 0 Å². The van der Waals surface area contributed by atoms with Gasteiger partial charge < -0.3 is 4.74 Å². The third-order valence-corrected chi connectivity index (χ3v) is 7.52. The number of thiazole rings is 1. The zero-order chi connectivity index (χ0) is 20.6. The first kappa shape index (κ1) is 21.4. The first-order chi connectivity index (χ1) is 13.2. The topological polar surface area (TPSA) is 57.0 Å². The van der Waals surface area contributed by atoms with Gasteiger partial charge in [0.2, 0.25) is 5.13 Å². The third kappa shape index (κ3) is 4.15. The number of hydrogen-bond donors (Lipinski definition) is 0. The van der Waals surface area contributed by atoms with Gasteiger partial charge in [-0.1, -0.05) is 48.9 Å². The predicted molar refractivity (Wildman–Crippen MR) is 119 cm³/mol. The van der Waals surface area contributed by atoms with Gasteiger partial charge in [-0.3, -0.25) is 0 Å². The fraction of sp³-hybridized carbons (Fsp3) is 0.316. The molecule has 5 nitrogen and oxygen atoms in total. The van der Waals surface area contributed by atoms with E-state index in [1.807, 2.05) is 32.0 Å². The van der Waals surface area contributed by atoms with Crippen molar-refractivity contribution in [2.75, 3.05) is 7.11 Å². The standard InChI is InChI=1S/C19H19BrClN3O2S2/c1-9(2)27-18-15(12-7-6-10(3)13(21)8-12)22-19(28-18)24-16(17(25)26-5)14(20)11(4)23-24/h6-9H,1-5H3. The Morgan fingerprint density at radius 3 is 2.68 bits per heavy atom. The number of aryl methyl sites for hydroxylation is 2. The molecular formula is C19H19BrClN3O2S2. The Labute approximate surface area is 185 Å². The maximum atomic E-state index is 12.3. The molecule has 1 aromatic carbocycles. The van der Waals surface area contributed by atoms with Gasteiger partial charge in [0.1, 0.15) is 0 Å². The summed E-state index contributed by atoms with van der Waals surface area (Å²) < 4.78 is 8.12. The van der Waals surface area contributed by atoms with Crippen LogP contribution in [0.2, 0.25) is 5.02 Å². The molecule has 0 aliphatic carbocycles. The van der Waals surface area contributed by atoms with Crippen LogP contribution in [0.4, 0.5) is 0 Å². The second-order valence-electron chi connectivity index (χ2n) is 6.41.